The molecule has 1 aromatic heterocycles. The van der Waals surface area contributed by atoms with Gasteiger partial charge in [0.25, 0.3) is 0 Å². The smallest absolute Gasteiger partial charge is 0.0360 e. The van der Waals surface area contributed by atoms with E-state index in [2.05, 4.69) is 25.3 Å². The first kappa shape index (κ1) is 8.27. The van der Waals surface area contributed by atoms with Gasteiger partial charge in [0.2, 0.25) is 0 Å². The summed E-state index contributed by atoms with van der Waals surface area (Å²) in [6.07, 6.45) is 2.59. The summed E-state index contributed by atoms with van der Waals surface area (Å²) >= 11 is 1.80. The summed E-state index contributed by atoms with van der Waals surface area (Å²) in [7, 11) is 0. The maximum absolute atomic E-state index is 6.19. The molecule has 0 radical (unpaired) electrons. The third-order valence-corrected chi connectivity index (χ3v) is 3.88. The largest absolute Gasteiger partial charge is 0.323 e. The fraction of sp³-hybridized carbons (Fsp3) is 0.600. The second-order valence-electron chi connectivity index (χ2n) is 4.06. The summed E-state index contributed by atoms with van der Waals surface area (Å²) in [5.41, 5.74) is 7.96. The lowest BCUT2D eigenvalue weighted by atomic mass is 9.93. The van der Waals surface area contributed by atoms with Crippen molar-refractivity contribution in [2.45, 2.75) is 32.7 Å². The minimum absolute atomic E-state index is 0.267. The van der Waals surface area contributed by atoms with Crippen LogP contribution in [0, 0.1) is 12.3 Å². The fourth-order valence-electron chi connectivity index (χ4n) is 1.60. The lowest BCUT2D eigenvalue weighted by molar-refractivity contribution is 0.450. The van der Waals surface area contributed by atoms with E-state index in [0.29, 0.717) is 5.41 Å². The number of hydrogen-bond donors (Lipinski definition) is 1. The molecule has 2 heteroatoms. The molecular formula is C10H15NS. The minimum Gasteiger partial charge on any atom is -0.323 e. The Morgan fingerprint density at radius 3 is 2.67 bits per heavy atom. The number of hydrogen-bond acceptors (Lipinski definition) is 2. The topological polar surface area (TPSA) is 26.0 Å². The van der Waals surface area contributed by atoms with Gasteiger partial charge in [0.15, 0.2) is 0 Å². The van der Waals surface area contributed by atoms with Gasteiger partial charge in [-0.05, 0) is 42.2 Å². The molecule has 1 nitrogen and oxygen atoms in total. The van der Waals surface area contributed by atoms with Crippen LogP contribution in [0.2, 0.25) is 0 Å². The average Bonchev–Trinajstić information content (AvgIpc) is 2.63. The summed E-state index contributed by atoms with van der Waals surface area (Å²) in [6, 6.07) is 2.44. The maximum Gasteiger partial charge on any atom is 0.0360 e. The SMILES string of the molecule is Cc1sccc1C(N)C1(C)CC1. The van der Waals surface area contributed by atoms with Crippen molar-refractivity contribution in [3.05, 3.63) is 21.9 Å². The van der Waals surface area contributed by atoms with Crippen molar-refractivity contribution < 1.29 is 0 Å². The van der Waals surface area contributed by atoms with Crippen molar-refractivity contribution in [3.8, 4) is 0 Å². The molecule has 1 aliphatic rings. The van der Waals surface area contributed by atoms with Crippen LogP contribution in [0.3, 0.4) is 0 Å². The Balaban J connectivity index is 2.25. The van der Waals surface area contributed by atoms with Crippen LogP contribution in [-0.2, 0) is 0 Å². The molecule has 1 aliphatic carbocycles. The van der Waals surface area contributed by atoms with Gasteiger partial charge >= 0.3 is 0 Å². The van der Waals surface area contributed by atoms with E-state index in [1.54, 1.807) is 11.3 Å². The van der Waals surface area contributed by atoms with Gasteiger partial charge in [0.1, 0.15) is 0 Å². The molecule has 0 aromatic carbocycles. The van der Waals surface area contributed by atoms with Crippen LogP contribution >= 0.6 is 11.3 Å². The zero-order chi connectivity index (χ0) is 8.77. The first-order chi connectivity index (χ1) is 5.63. The summed E-state index contributed by atoms with van der Waals surface area (Å²) in [5.74, 6) is 0. The van der Waals surface area contributed by atoms with Crippen LogP contribution in [0.15, 0.2) is 11.4 Å². The number of nitrogens with two attached hydrogens (primary N) is 1. The van der Waals surface area contributed by atoms with Gasteiger partial charge in [0, 0.05) is 10.9 Å². The predicted octanol–water partition coefficient (Wildman–Crippen LogP) is 2.86. The van der Waals surface area contributed by atoms with Crippen molar-refractivity contribution in [2.75, 3.05) is 0 Å². The molecule has 0 aliphatic heterocycles. The zero-order valence-corrected chi connectivity index (χ0v) is 8.45. The highest BCUT2D eigenvalue weighted by atomic mass is 32.1. The molecule has 0 saturated heterocycles. The van der Waals surface area contributed by atoms with Crippen molar-refractivity contribution in [1.29, 1.82) is 0 Å². The van der Waals surface area contributed by atoms with Crippen molar-refractivity contribution in [2.24, 2.45) is 11.1 Å². The average molecular weight is 181 g/mol. The summed E-state index contributed by atoms with van der Waals surface area (Å²) in [6.45, 7) is 4.44. The molecule has 1 unspecified atom stereocenters. The molecule has 1 saturated carbocycles. The molecule has 1 aromatic rings. The molecule has 2 N–H and O–H groups in total. The van der Waals surface area contributed by atoms with Crippen LogP contribution in [0.5, 0.6) is 0 Å². The second-order valence-corrected chi connectivity index (χ2v) is 5.18. The lowest BCUT2D eigenvalue weighted by Gasteiger charge is -2.18. The molecular weight excluding hydrogens is 166 g/mol. The van der Waals surface area contributed by atoms with E-state index in [1.807, 2.05) is 0 Å². The van der Waals surface area contributed by atoms with Gasteiger partial charge in [-0.25, -0.2) is 0 Å². The summed E-state index contributed by atoms with van der Waals surface area (Å²) in [5, 5.41) is 2.14. The standard InChI is InChI=1S/C10H15NS/c1-7-8(3-6-12-7)9(11)10(2)4-5-10/h3,6,9H,4-5,11H2,1-2H3. The van der Waals surface area contributed by atoms with Crippen LogP contribution < -0.4 is 5.73 Å². The molecule has 1 fully saturated rings. The second kappa shape index (κ2) is 2.57. The number of aryl methyl sites for hydroxylation is 1. The lowest BCUT2D eigenvalue weighted by Crippen LogP contribution is -2.20. The van der Waals surface area contributed by atoms with Gasteiger partial charge in [-0.1, -0.05) is 6.92 Å². The van der Waals surface area contributed by atoms with Gasteiger partial charge in [-0.3, -0.25) is 0 Å². The molecule has 0 bridgehead atoms. The molecule has 0 spiro atoms. The molecule has 66 valence electrons. The third-order valence-electron chi connectivity index (χ3n) is 3.02. The van der Waals surface area contributed by atoms with E-state index in [1.165, 1.54) is 23.3 Å². The highest BCUT2D eigenvalue weighted by molar-refractivity contribution is 7.10. The first-order valence-corrected chi connectivity index (χ1v) is 5.31. The third kappa shape index (κ3) is 1.19. The van der Waals surface area contributed by atoms with Crippen LogP contribution in [0.4, 0.5) is 0 Å². The van der Waals surface area contributed by atoms with Gasteiger partial charge in [-0.15, -0.1) is 11.3 Å². The Morgan fingerprint density at radius 1 is 1.58 bits per heavy atom. The zero-order valence-electron chi connectivity index (χ0n) is 7.63. The first-order valence-electron chi connectivity index (χ1n) is 4.43. The van der Waals surface area contributed by atoms with Gasteiger partial charge in [-0.2, -0.15) is 0 Å². The van der Waals surface area contributed by atoms with Crippen molar-refractivity contribution in [1.82, 2.24) is 0 Å². The Bertz CT molecular complexity index is 286. The number of thiophene rings is 1. The van der Waals surface area contributed by atoms with E-state index >= 15 is 0 Å². The molecule has 0 amide bonds. The number of rotatable bonds is 2. The van der Waals surface area contributed by atoms with Crippen LogP contribution in [-0.4, -0.2) is 0 Å². The molecule has 12 heavy (non-hydrogen) atoms. The van der Waals surface area contributed by atoms with Crippen molar-refractivity contribution in [3.63, 3.8) is 0 Å². The normalized spacial score (nSPS) is 22.2. The Kier molecular flexibility index (Phi) is 1.77. The summed E-state index contributed by atoms with van der Waals surface area (Å²) < 4.78 is 0. The van der Waals surface area contributed by atoms with E-state index in [0.717, 1.165) is 0 Å². The monoisotopic (exact) mass is 181 g/mol. The quantitative estimate of drug-likeness (QED) is 0.746. The van der Waals surface area contributed by atoms with E-state index in [-0.39, 0.29) is 6.04 Å². The van der Waals surface area contributed by atoms with E-state index in [9.17, 15) is 0 Å². The Hall–Kier alpha value is -0.340. The van der Waals surface area contributed by atoms with Gasteiger partial charge in [0.05, 0.1) is 0 Å². The minimum atomic E-state index is 0.267. The molecule has 1 atom stereocenters. The van der Waals surface area contributed by atoms with Gasteiger partial charge < -0.3 is 5.73 Å². The highest BCUT2D eigenvalue weighted by Crippen LogP contribution is 2.53. The van der Waals surface area contributed by atoms with E-state index < -0.39 is 0 Å². The predicted molar refractivity (Wildman–Crippen MR) is 53.3 cm³/mol. The van der Waals surface area contributed by atoms with Crippen LogP contribution in [0.1, 0.15) is 36.2 Å². The highest BCUT2D eigenvalue weighted by Gasteiger charge is 2.44. The Labute approximate surface area is 77.6 Å². The maximum atomic E-state index is 6.19. The summed E-state index contributed by atoms with van der Waals surface area (Å²) in [4.78, 5) is 1.38. The molecule has 2 rings (SSSR count). The Morgan fingerprint density at radius 2 is 2.25 bits per heavy atom. The van der Waals surface area contributed by atoms with Crippen molar-refractivity contribution >= 4 is 11.3 Å². The fourth-order valence-corrected chi connectivity index (χ4v) is 2.35. The van der Waals surface area contributed by atoms with E-state index in [4.69, 9.17) is 5.73 Å². The molecule has 1 heterocycles. The van der Waals surface area contributed by atoms with Crippen LogP contribution in [0.25, 0.3) is 0 Å².